The first-order valence-corrected chi connectivity index (χ1v) is 12.4. The number of hydrogen-bond donors (Lipinski definition) is 5. The molecule has 1 heterocycles. The first-order chi connectivity index (χ1) is 17.0. The fourth-order valence-electron chi connectivity index (χ4n) is 2.06. The molecule has 0 saturated carbocycles. The summed E-state index contributed by atoms with van der Waals surface area (Å²) in [5.41, 5.74) is 2.20. The van der Waals surface area contributed by atoms with Gasteiger partial charge in [0.15, 0.2) is 5.69 Å². The third-order valence-electron chi connectivity index (χ3n) is 4.23. The van der Waals surface area contributed by atoms with Crippen molar-refractivity contribution in [1.82, 2.24) is 5.16 Å². The van der Waals surface area contributed by atoms with Crippen LogP contribution in [0, 0.1) is 17.5 Å². The molecule has 0 saturated heterocycles. The number of carbonyl (C=O) groups is 2. The predicted molar refractivity (Wildman–Crippen MR) is 144 cm³/mol. The number of benzene rings is 2. The van der Waals surface area contributed by atoms with Gasteiger partial charge in [-0.15, -0.1) is 24.4 Å². The van der Waals surface area contributed by atoms with E-state index in [0.29, 0.717) is 38.8 Å². The molecule has 3 rings (SSSR count). The molecule has 0 spiro atoms. The molecule has 1 aromatic heterocycles. The predicted octanol–water partition coefficient (Wildman–Crippen LogP) is 3.71. The van der Waals surface area contributed by atoms with E-state index in [1.807, 2.05) is 0 Å². The van der Waals surface area contributed by atoms with Crippen LogP contribution in [0.15, 0.2) is 68.1 Å². The molecule has 0 aliphatic rings. The van der Waals surface area contributed by atoms with E-state index in [-0.39, 0.29) is 16.6 Å². The van der Waals surface area contributed by atoms with Gasteiger partial charge in [-0.2, -0.15) is 0 Å². The summed E-state index contributed by atoms with van der Waals surface area (Å²) in [6, 6.07) is 12.8. The van der Waals surface area contributed by atoms with Crippen LogP contribution in [0.5, 0.6) is 0 Å². The molecular weight excluding hydrogens is 592 g/mol. The molecule has 15 heteroatoms. The molecule has 0 bridgehead atoms. The number of halogens is 1. The van der Waals surface area contributed by atoms with Crippen LogP contribution in [0.25, 0.3) is 0 Å². The largest absolute Gasteiger partial charge is 0.478 e. The number of alkyl halides is 1. The Morgan fingerprint density at radius 3 is 1.97 bits per heavy atom. The highest BCUT2D eigenvalue weighted by atomic mass is 79.9. The summed E-state index contributed by atoms with van der Waals surface area (Å²) in [4.78, 5) is 23.0. The van der Waals surface area contributed by atoms with Crippen molar-refractivity contribution in [2.75, 3.05) is 5.33 Å². The normalized spacial score (nSPS) is 10.1. The second kappa shape index (κ2) is 17.1. The van der Waals surface area contributed by atoms with Gasteiger partial charge in [0, 0.05) is 27.2 Å². The second-order valence-corrected chi connectivity index (χ2v) is 8.86. The number of aromatic carboxylic acids is 2. The number of oxime groups is 1. The van der Waals surface area contributed by atoms with Crippen molar-refractivity contribution < 1.29 is 40.0 Å². The Kier molecular flexibility index (Phi) is 15.6. The van der Waals surface area contributed by atoms with Crippen molar-refractivity contribution >= 4 is 63.7 Å². The summed E-state index contributed by atoms with van der Waals surface area (Å²) < 4.78 is 4.45. The van der Waals surface area contributed by atoms with E-state index >= 15 is 0 Å². The van der Waals surface area contributed by atoms with E-state index < -0.39 is 11.9 Å². The third kappa shape index (κ3) is 11.9. The number of thioether (sulfide) groups is 1. The van der Waals surface area contributed by atoms with Crippen molar-refractivity contribution in [3.63, 3.8) is 0 Å². The van der Waals surface area contributed by atoms with E-state index in [0.717, 1.165) is 9.79 Å². The molecular formula is C22H25BrN4O8S2. The van der Waals surface area contributed by atoms with Gasteiger partial charge >= 0.3 is 11.9 Å². The molecule has 200 valence electrons. The van der Waals surface area contributed by atoms with Crippen molar-refractivity contribution in [1.29, 1.82) is 5.41 Å². The van der Waals surface area contributed by atoms with Crippen LogP contribution in [0.3, 0.4) is 0 Å². The molecule has 0 atom stereocenters. The average Bonchev–Trinajstić information content (AvgIpc) is 3.20. The summed E-state index contributed by atoms with van der Waals surface area (Å²) in [6.07, 6.45) is 0. The van der Waals surface area contributed by atoms with Crippen molar-refractivity contribution in [2.24, 2.45) is 5.16 Å². The van der Waals surface area contributed by atoms with Crippen LogP contribution in [-0.2, 0) is 5.75 Å². The van der Waals surface area contributed by atoms with E-state index in [2.05, 4.69) is 43.5 Å². The first-order valence-electron chi connectivity index (χ1n) is 9.86. The van der Waals surface area contributed by atoms with Crippen LogP contribution >= 0.6 is 40.3 Å². The lowest BCUT2D eigenvalue weighted by Crippen LogP contribution is -2.25. The topological polar surface area (TPSA) is 216 Å². The summed E-state index contributed by atoms with van der Waals surface area (Å²) in [7, 11) is 0. The minimum atomic E-state index is -0.953. The number of carboxylic acid groups (broad SMARTS) is 2. The summed E-state index contributed by atoms with van der Waals surface area (Å²) in [5.74, 6) is -1.36. The maximum atomic E-state index is 11.0. The minimum absolute atomic E-state index is 0. The van der Waals surface area contributed by atoms with Gasteiger partial charge in [0.25, 0.3) is 0 Å². The molecule has 2 aromatic carbocycles. The van der Waals surface area contributed by atoms with Crippen LogP contribution in [0.2, 0.25) is 0 Å². The zero-order valence-corrected chi connectivity index (χ0v) is 22.9. The molecule has 0 unspecified atom stereocenters. The highest BCUT2D eigenvalue weighted by molar-refractivity contribution is 9.09. The van der Waals surface area contributed by atoms with Gasteiger partial charge < -0.3 is 31.5 Å². The lowest BCUT2D eigenvalue weighted by Gasteiger charge is -1.99. The smallest absolute Gasteiger partial charge is 0.335 e. The molecule has 0 radical (unpaired) electrons. The standard InChI is InChI=1S/C11H10N2O4S.C7H6O2S.C4H7BrN2O.H2O/c1-7-10(12-17-13(7)16)6-18-9-4-2-8(3-5-9)11(14)15;8-7(9)5-1-3-6(10)4-2-5;1-3(7-8)4(6)2-5;/h2-5H,6H2,1H3,(H,14,15);1-4,10H,(H,8,9);6,8H,2H2,1H3;1H2. The summed E-state index contributed by atoms with van der Waals surface area (Å²) >= 11 is 8.50. The van der Waals surface area contributed by atoms with Gasteiger partial charge in [-0.25, -0.2) is 9.59 Å². The van der Waals surface area contributed by atoms with Gasteiger partial charge in [-0.3, -0.25) is 4.63 Å². The maximum Gasteiger partial charge on any atom is 0.335 e. The quantitative estimate of drug-likeness (QED) is 0.0496. The Bertz CT molecular complexity index is 1200. The van der Waals surface area contributed by atoms with Gasteiger partial charge in [0.05, 0.1) is 28.3 Å². The Hall–Kier alpha value is -3.40. The SMILES string of the molecule is CC(=NO)C(=N)CBr.Cc1c(CSc2ccc(C(=O)O)cc2)no[n+]1[O-].O.O=C(O)c1ccc(S)cc1. The van der Waals surface area contributed by atoms with Crippen molar-refractivity contribution in [3.05, 3.63) is 76.3 Å². The zero-order chi connectivity index (χ0) is 27.3. The van der Waals surface area contributed by atoms with Gasteiger partial charge in [0.1, 0.15) is 0 Å². The number of nitrogens with one attached hydrogen (secondary N) is 1. The lowest BCUT2D eigenvalue weighted by atomic mass is 10.2. The summed E-state index contributed by atoms with van der Waals surface area (Å²) in [6.45, 7) is 3.20. The van der Waals surface area contributed by atoms with E-state index in [1.165, 1.54) is 36.0 Å². The molecule has 37 heavy (non-hydrogen) atoms. The molecule has 0 aliphatic carbocycles. The third-order valence-corrected chi connectivity index (χ3v) is 6.11. The van der Waals surface area contributed by atoms with E-state index in [1.54, 1.807) is 38.1 Å². The van der Waals surface area contributed by atoms with Crippen LogP contribution in [0.4, 0.5) is 0 Å². The number of rotatable bonds is 7. The zero-order valence-electron chi connectivity index (χ0n) is 19.6. The fourth-order valence-corrected chi connectivity index (χ4v) is 3.50. The fraction of sp³-hybridized carbons (Fsp3) is 0.182. The first kappa shape index (κ1) is 33.6. The van der Waals surface area contributed by atoms with Crippen molar-refractivity contribution in [2.45, 2.75) is 29.4 Å². The number of thiol groups is 1. The average molecular weight is 618 g/mol. The Morgan fingerprint density at radius 2 is 1.62 bits per heavy atom. The number of aromatic nitrogens is 2. The highest BCUT2D eigenvalue weighted by Gasteiger charge is 2.14. The van der Waals surface area contributed by atoms with Crippen LogP contribution in [0.1, 0.15) is 39.0 Å². The molecule has 0 fully saturated rings. The Balaban J connectivity index is 0.000000580. The van der Waals surface area contributed by atoms with Crippen molar-refractivity contribution in [3.8, 4) is 0 Å². The number of nitrogens with zero attached hydrogens (tertiary/aromatic N) is 3. The maximum absolute atomic E-state index is 11.0. The van der Waals surface area contributed by atoms with Crippen LogP contribution < -0.4 is 4.90 Å². The number of hydrogen-bond acceptors (Lipinski definition) is 10. The molecule has 12 nitrogen and oxygen atoms in total. The van der Waals surface area contributed by atoms with Gasteiger partial charge in [-0.1, -0.05) is 21.1 Å². The lowest BCUT2D eigenvalue weighted by molar-refractivity contribution is -0.806. The molecule has 3 aromatic rings. The molecule has 0 aliphatic heterocycles. The Morgan fingerprint density at radius 1 is 1.14 bits per heavy atom. The summed E-state index contributed by atoms with van der Waals surface area (Å²) in [5, 5.41) is 50.2. The van der Waals surface area contributed by atoms with Gasteiger partial charge in [0.2, 0.25) is 5.69 Å². The van der Waals surface area contributed by atoms with Crippen LogP contribution in [-0.4, -0.2) is 54.7 Å². The Labute approximate surface area is 229 Å². The molecule has 0 amide bonds. The molecule has 6 N–H and O–H groups in total. The van der Waals surface area contributed by atoms with E-state index in [4.69, 9.17) is 20.8 Å². The second-order valence-electron chi connectivity index (χ2n) is 6.73. The minimum Gasteiger partial charge on any atom is -0.478 e. The highest BCUT2D eigenvalue weighted by Crippen LogP contribution is 2.23. The number of carboxylic acids is 2. The van der Waals surface area contributed by atoms with E-state index in [9.17, 15) is 14.8 Å². The van der Waals surface area contributed by atoms with Gasteiger partial charge in [-0.05, 0) is 60.4 Å². The monoisotopic (exact) mass is 616 g/mol.